The molecule has 0 aliphatic heterocycles. The smallest absolute Gasteiger partial charge is 0.200 e. The van der Waals surface area contributed by atoms with Crippen LogP contribution < -0.4 is 5.43 Å². The Morgan fingerprint density at radius 2 is 1.77 bits per heavy atom. The molecule has 1 heterocycles. The maximum Gasteiger partial charge on any atom is 0.200 e. The molecule has 0 spiro atoms. The Bertz CT molecular complexity index is 857. The molecule has 0 aliphatic rings. The molecule has 3 aromatic rings. The number of para-hydroxylation sites is 1. The number of hydrogen-bond acceptors (Lipinski definition) is 6. The first-order valence-corrected chi connectivity index (χ1v) is 6.53. The number of benzene rings is 2. The van der Waals surface area contributed by atoms with Gasteiger partial charge in [0.2, 0.25) is 5.75 Å². The molecule has 0 saturated heterocycles. The van der Waals surface area contributed by atoms with E-state index in [1.165, 1.54) is 18.3 Å². The number of pyridine rings is 1. The highest BCUT2D eigenvalue weighted by atomic mass is 16.3. The van der Waals surface area contributed by atoms with Crippen molar-refractivity contribution in [2.24, 2.45) is 5.10 Å². The van der Waals surface area contributed by atoms with Crippen LogP contribution in [0.4, 0.5) is 5.69 Å². The molecule has 0 radical (unpaired) electrons. The zero-order valence-corrected chi connectivity index (χ0v) is 11.4. The molecule has 6 nitrogen and oxygen atoms in total. The molecule has 3 rings (SSSR count). The number of hydrazone groups is 1. The third kappa shape index (κ3) is 2.49. The van der Waals surface area contributed by atoms with Gasteiger partial charge in [-0.25, -0.2) is 0 Å². The fourth-order valence-corrected chi connectivity index (χ4v) is 2.05. The Hall–Kier alpha value is -3.28. The highest BCUT2D eigenvalue weighted by molar-refractivity contribution is 5.91. The van der Waals surface area contributed by atoms with E-state index in [-0.39, 0.29) is 11.3 Å². The molecule has 0 fully saturated rings. The van der Waals surface area contributed by atoms with Crippen molar-refractivity contribution in [3.05, 3.63) is 54.2 Å². The lowest BCUT2D eigenvalue weighted by molar-refractivity contribution is 0.367. The van der Waals surface area contributed by atoms with Crippen LogP contribution >= 0.6 is 0 Å². The molecule has 2 aromatic carbocycles. The van der Waals surface area contributed by atoms with Crippen LogP contribution in [-0.4, -0.2) is 26.5 Å². The van der Waals surface area contributed by atoms with E-state index in [1.807, 2.05) is 30.3 Å². The van der Waals surface area contributed by atoms with Gasteiger partial charge in [0.25, 0.3) is 0 Å². The third-order valence-electron chi connectivity index (χ3n) is 3.18. The van der Waals surface area contributed by atoms with Crippen LogP contribution in [0, 0.1) is 0 Å². The van der Waals surface area contributed by atoms with Gasteiger partial charge < -0.3 is 15.3 Å². The lowest BCUT2D eigenvalue weighted by atomic mass is 10.2. The Balaban J connectivity index is 1.87. The van der Waals surface area contributed by atoms with Crippen LogP contribution in [-0.2, 0) is 0 Å². The number of aromatic nitrogens is 1. The van der Waals surface area contributed by atoms with Crippen LogP contribution in [0.1, 0.15) is 5.56 Å². The number of phenolic OH excluding ortho intramolecular Hbond substituents is 3. The Morgan fingerprint density at radius 1 is 0.955 bits per heavy atom. The molecule has 0 amide bonds. The first-order chi connectivity index (χ1) is 10.7. The summed E-state index contributed by atoms with van der Waals surface area (Å²) in [5.41, 5.74) is 4.62. The highest BCUT2D eigenvalue weighted by Crippen LogP contribution is 2.36. The van der Waals surface area contributed by atoms with Crippen molar-refractivity contribution in [2.75, 3.05) is 5.43 Å². The van der Waals surface area contributed by atoms with Gasteiger partial charge in [-0.15, -0.1) is 0 Å². The third-order valence-corrected chi connectivity index (χ3v) is 3.18. The van der Waals surface area contributed by atoms with E-state index in [1.54, 1.807) is 6.20 Å². The van der Waals surface area contributed by atoms with Crippen LogP contribution in [0.25, 0.3) is 10.9 Å². The van der Waals surface area contributed by atoms with Gasteiger partial charge in [-0.3, -0.25) is 10.4 Å². The van der Waals surface area contributed by atoms with E-state index >= 15 is 0 Å². The Kier molecular flexibility index (Phi) is 3.49. The minimum absolute atomic E-state index is 0.274. The van der Waals surface area contributed by atoms with E-state index in [4.69, 9.17) is 0 Å². The van der Waals surface area contributed by atoms with Gasteiger partial charge in [0.05, 0.1) is 17.4 Å². The summed E-state index contributed by atoms with van der Waals surface area (Å²) in [7, 11) is 0. The summed E-state index contributed by atoms with van der Waals surface area (Å²) in [5.74, 6) is -1.39. The zero-order chi connectivity index (χ0) is 15.5. The number of hydrogen-bond donors (Lipinski definition) is 4. The lowest BCUT2D eigenvalue weighted by Gasteiger charge is -2.05. The first kappa shape index (κ1) is 13.7. The second-order valence-corrected chi connectivity index (χ2v) is 4.62. The molecule has 0 saturated carbocycles. The molecule has 0 unspecified atom stereocenters. The molecule has 110 valence electrons. The summed E-state index contributed by atoms with van der Waals surface area (Å²) in [6.07, 6.45) is 3.04. The summed E-state index contributed by atoms with van der Waals surface area (Å²) in [4.78, 5) is 4.29. The van der Waals surface area contributed by atoms with Gasteiger partial charge in [0.1, 0.15) is 0 Å². The van der Waals surface area contributed by atoms with Crippen molar-refractivity contribution < 1.29 is 15.3 Å². The number of nitrogens with zero attached hydrogens (tertiary/aromatic N) is 2. The predicted molar refractivity (Wildman–Crippen MR) is 84.4 cm³/mol. The molecule has 22 heavy (non-hydrogen) atoms. The van der Waals surface area contributed by atoms with E-state index in [0.717, 1.165) is 16.6 Å². The molecule has 0 aliphatic carbocycles. The quantitative estimate of drug-likeness (QED) is 0.338. The van der Waals surface area contributed by atoms with Gasteiger partial charge in [-0.05, 0) is 24.3 Å². The molecule has 0 atom stereocenters. The summed E-state index contributed by atoms with van der Waals surface area (Å²) >= 11 is 0. The average molecular weight is 295 g/mol. The van der Waals surface area contributed by atoms with Crippen LogP contribution in [0.3, 0.4) is 0 Å². The highest BCUT2D eigenvalue weighted by Gasteiger charge is 2.09. The molecular weight excluding hydrogens is 282 g/mol. The van der Waals surface area contributed by atoms with Gasteiger partial charge in [-0.1, -0.05) is 18.2 Å². The normalized spacial score (nSPS) is 11.1. The van der Waals surface area contributed by atoms with Crippen LogP contribution in [0.5, 0.6) is 17.2 Å². The summed E-state index contributed by atoms with van der Waals surface area (Å²) in [5, 5.41) is 33.4. The monoisotopic (exact) mass is 295 g/mol. The second kappa shape index (κ2) is 5.61. The predicted octanol–water partition coefficient (Wildman–Crippen LogP) is 2.80. The summed E-state index contributed by atoms with van der Waals surface area (Å²) in [6, 6.07) is 12.2. The van der Waals surface area contributed by atoms with Crippen molar-refractivity contribution in [2.45, 2.75) is 0 Å². The van der Waals surface area contributed by atoms with Crippen molar-refractivity contribution in [3.8, 4) is 17.2 Å². The lowest BCUT2D eigenvalue weighted by Crippen LogP contribution is -1.93. The molecule has 6 heteroatoms. The topological polar surface area (TPSA) is 98.0 Å². The standard InChI is InChI=1S/C16H13N3O3/c20-13-7-6-11(15(21)16(13)22)9-18-19-12-5-1-3-10-4-2-8-17-14(10)12/h1-9,19-22H. The van der Waals surface area contributed by atoms with Crippen molar-refractivity contribution in [3.63, 3.8) is 0 Å². The number of nitrogens with one attached hydrogen (secondary N) is 1. The first-order valence-electron chi connectivity index (χ1n) is 6.53. The second-order valence-electron chi connectivity index (χ2n) is 4.62. The number of anilines is 1. The van der Waals surface area contributed by atoms with Crippen molar-refractivity contribution in [1.29, 1.82) is 0 Å². The average Bonchev–Trinajstić information content (AvgIpc) is 2.55. The summed E-state index contributed by atoms with van der Waals surface area (Å²) < 4.78 is 0. The maximum atomic E-state index is 9.71. The van der Waals surface area contributed by atoms with Crippen molar-refractivity contribution >= 4 is 22.8 Å². The van der Waals surface area contributed by atoms with E-state index in [9.17, 15) is 15.3 Å². The van der Waals surface area contributed by atoms with E-state index < -0.39 is 11.5 Å². The minimum Gasteiger partial charge on any atom is -0.504 e. The summed E-state index contributed by atoms with van der Waals surface area (Å²) in [6.45, 7) is 0. The number of rotatable bonds is 3. The Labute approximate surface area is 126 Å². The number of aromatic hydroxyl groups is 3. The fourth-order valence-electron chi connectivity index (χ4n) is 2.05. The largest absolute Gasteiger partial charge is 0.504 e. The Morgan fingerprint density at radius 3 is 2.64 bits per heavy atom. The van der Waals surface area contributed by atoms with Crippen LogP contribution in [0.2, 0.25) is 0 Å². The van der Waals surface area contributed by atoms with Gasteiger partial charge in [0, 0.05) is 17.1 Å². The van der Waals surface area contributed by atoms with E-state index in [0.29, 0.717) is 0 Å². The van der Waals surface area contributed by atoms with Gasteiger partial charge >= 0.3 is 0 Å². The van der Waals surface area contributed by atoms with Crippen LogP contribution in [0.15, 0.2) is 53.8 Å². The zero-order valence-electron chi connectivity index (χ0n) is 11.4. The SMILES string of the molecule is Oc1ccc(C=NNc2cccc3cccnc23)c(O)c1O. The number of fused-ring (bicyclic) bond motifs is 1. The fraction of sp³-hybridized carbons (Fsp3) is 0. The van der Waals surface area contributed by atoms with Gasteiger partial charge in [-0.2, -0.15) is 5.10 Å². The maximum absolute atomic E-state index is 9.71. The molecule has 1 aromatic heterocycles. The molecule has 0 bridgehead atoms. The van der Waals surface area contributed by atoms with Gasteiger partial charge in [0.15, 0.2) is 11.5 Å². The minimum atomic E-state index is -0.573. The van der Waals surface area contributed by atoms with Crippen molar-refractivity contribution in [1.82, 2.24) is 4.98 Å². The van der Waals surface area contributed by atoms with E-state index in [2.05, 4.69) is 15.5 Å². The number of phenols is 3. The molecule has 4 N–H and O–H groups in total. The molecular formula is C16H13N3O3.